The number of hydrogen-bond donors (Lipinski definition) is 0. The monoisotopic (exact) mass is 400 g/mol. The summed E-state index contributed by atoms with van der Waals surface area (Å²) in [5, 5.41) is 12.1. The van der Waals surface area contributed by atoms with Crippen molar-refractivity contribution >= 4 is 11.9 Å². The summed E-state index contributed by atoms with van der Waals surface area (Å²) in [5.74, 6) is 0.727. The minimum absolute atomic E-state index is 0.0307. The number of hydrogen-bond acceptors (Lipinski definition) is 7. The number of para-hydroxylation sites is 1. The molecule has 3 heterocycles. The number of ether oxygens (including phenoxy) is 2. The third kappa shape index (κ3) is 4.73. The normalized spacial score (nSPS) is 21.2. The topological polar surface area (TPSA) is 85.6 Å². The van der Waals surface area contributed by atoms with E-state index in [0.717, 1.165) is 25.1 Å². The van der Waals surface area contributed by atoms with E-state index in [-0.39, 0.29) is 12.0 Å². The fourth-order valence-corrected chi connectivity index (χ4v) is 3.76. The summed E-state index contributed by atoms with van der Waals surface area (Å²) in [5.41, 5.74) is 0.915. The standard InChI is InChI=1S/C20H28N6O3/c1-16(29-15-18-9-5-6-14-28-18)19(27)24-10-12-25(13-11-24)20-21-22-23-26(20)17-7-3-2-4-8-17/h2-4,7-8,16,18H,5-6,9-15H2,1H3. The van der Waals surface area contributed by atoms with Crippen molar-refractivity contribution in [1.29, 1.82) is 0 Å². The van der Waals surface area contributed by atoms with Crippen LogP contribution in [0.1, 0.15) is 26.2 Å². The van der Waals surface area contributed by atoms with E-state index < -0.39 is 6.10 Å². The van der Waals surface area contributed by atoms with Crippen LogP contribution < -0.4 is 4.90 Å². The molecule has 9 nitrogen and oxygen atoms in total. The first-order chi connectivity index (χ1) is 14.2. The van der Waals surface area contributed by atoms with Crippen LogP contribution in [-0.2, 0) is 14.3 Å². The van der Waals surface area contributed by atoms with E-state index in [1.807, 2.05) is 42.2 Å². The van der Waals surface area contributed by atoms with Crippen LogP contribution in [0.2, 0.25) is 0 Å². The maximum absolute atomic E-state index is 12.7. The summed E-state index contributed by atoms with van der Waals surface area (Å²) >= 11 is 0. The molecular formula is C20H28N6O3. The molecule has 2 aliphatic rings. The van der Waals surface area contributed by atoms with Crippen molar-refractivity contribution in [2.24, 2.45) is 0 Å². The largest absolute Gasteiger partial charge is 0.376 e. The van der Waals surface area contributed by atoms with E-state index in [2.05, 4.69) is 20.4 Å². The molecule has 2 unspecified atom stereocenters. The zero-order chi connectivity index (χ0) is 20.1. The second-order valence-corrected chi connectivity index (χ2v) is 7.50. The molecule has 29 heavy (non-hydrogen) atoms. The minimum Gasteiger partial charge on any atom is -0.376 e. The van der Waals surface area contributed by atoms with Gasteiger partial charge in [-0.2, -0.15) is 4.68 Å². The third-order valence-corrected chi connectivity index (χ3v) is 5.48. The molecule has 2 fully saturated rings. The lowest BCUT2D eigenvalue weighted by Gasteiger charge is -2.36. The maximum Gasteiger partial charge on any atom is 0.251 e. The molecule has 0 N–H and O–H groups in total. The van der Waals surface area contributed by atoms with Gasteiger partial charge in [-0.3, -0.25) is 4.79 Å². The highest BCUT2D eigenvalue weighted by Crippen LogP contribution is 2.18. The van der Waals surface area contributed by atoms with Gasteiger partial charge in [0.25, 0.3) is 5.91 Å². The number of amides is 1. The molecule has 4 rings (SSSR count). The third-order valence-electron chi connectivity index (χ3n) is 5.48. The Morgan fingerprint density at radius 1 is 1.21 bits per heavy atom. The molecule has 0 spiro atoms. The Bertz CT molecular complexity index is 785. The number of benzene rings is 1. The Balaban J connectivity index is 1.29. The van der Waals surface area contributed by atoms with Gasteiger partial charge in [0.15, 0.2) is 0 Å². The van der Waals surface area contributed by atoms with Crippen LogP contribution >= 0.6 is 0 Å². The second-order valence-electron chi connectivity index (χ2n) is 7.50. The molecule has 0 saturated carbocycles. The molecular weight excluding hydrogens is 372 g/mol. The first-order valence-corrected chi connectivity index (χ1v) is 10.3. The van der Waals surface area contributed by atoms with Crippen LogP contribution in [0.3, 0.4) is 0 Å². The van der Waals surface area contributed by atoms with E-state index in [1.165, 1.54) is 6.42 Å². The zero-order valence-electron chi connectivity index (χ0n) is 16.8. The molecule has 2 aromatic rings. The molecule has 9 heteroatoms. The van der Waals surface area contributed by atoms with E-state index in [4.69, 9.17) is 9.47 Å². The highest BCUT2D eigenvalue weighted by molar-refractivity contribution is 5.80. The van der Waals surface area contributed by atoms with E-state index in [9.17, 15) is 4.79 Å². The van der Waals surface area contributed by atoms with Gasteiger partial charge < -0.3 is 19.3 Å². The summed E-state index contributed by atoms with van der Waals surface area (Å²) in [6, 6.07) is 9.80. The Kier molecular flexibility index (Phi) is 6.36. The predicted molar refractivity (Wildman–Crippen MR) is 107 cm³/mol. The molecule has 1 aromatic carbocycles. The second kappa shape index (κ2) is 9.32. The Morgan fingerprint density at radius 3 is 2.72 bits per heavy atom. The van der Waals surface area contributed by atoms with Gasteiger partial charge in [-0.15, -0.1) is 0 Å². The van der Waals surface area contributed by atoms with Gasteiger partial charge in [-0.25, -0.2) is 0 Å². The smallest absolute Gasteiger partial charge is 0.251 e. The van der Waals surface area contributed by atoms with E-state index in [1.54, 1.807) is 4.68 Å². The summed E-state index contributed by atoms with van der Waals surface area (Å²) in [6.45, 7) is 5.70. The molecule has 1 amide bonds. The van der Waals surface area contributed by atoms with Crippen LogP contribution in [0.15, 0.2) is 30.3 Å². The van der Waals surface area contributed by atoms with Crippen molar-refractivity contribution in [3.63, 3.8) is 0 Å². The van der Waals surface area contributed by atoms with Crippen LogP contribution in [0.5, 0.6) is 0 Å². The number of rotatable bonds is 6. The van der Waals surface area contributed by atoms with Crippen molar-refractivity contribution in [1.82, 2.24) is 25.1 Å². The first kappa shape index (κ1) is 19.8. The Hall–Kier alpha value is -2.52. The van der Waals surface area contributed by atoms with Crippen LogP contribution in [0.25, 0.3) is 5.69 Å². The van der Waals surface area contributed by atoms with Crippen LogP contribution in [-0.4, -0.2) is 82.6 Å². The summed E-state index contributed by atoms with van der Waals surface area (Å²) in [4.78, 5) is 16.7. The van der Waals surface area contributed by atoms with Gasteiger partial charge >= 0.3 is 0 Å². The number of aromatic nitrogens is 4. The summed E-state index contributed by atoms with van der Waals surface area (Å²) < 4.78 is 13.2. The van der Waals surface area contributed by atoms with Crippen molar-refractivity contribution < 1.29 is 14.3 Å². The average Bonchev–Trinajstić information content (AvgIpc) is 3.28. The number of tetrazole rings is 1. The fourth-order valence-electron chi connectivity index (χ4n) is 3.76. The van der Waals surface area contributed by atoms with Gasteiger partial charge in [-0.05, 0) is 48.7 Å². The van der Waals surface area contributed by atoms with Crippen molar-refractivity contribution in [3.05, 3.63) is 30.3 Å². The molecule has 0 bridgehead atoms. The van der Waals surface area contributed by atoms with Crippen molar-refractivity contribution in [2.75, 3.05) is 44.3 Å². The molecule has 2 atom stereocenters. The number of piperazine rings is 1. The highest BCUT2D eigenvalue weighted by Gasteiger charge is 2.28. The molecule has 156 valence electrons. The molecule has 2 aliphatic heterocycles. The average molecular weight is 400 g/mol. The molecule has 1 aromatic heterocycles. The number of nitrogens with zero attached hydrogens (tertiary/aromatic N) is 6. The van der Waals surface area contributed by atoms with Crippen LogP contribution in [0.4, 0.5) is 5.95 Å². The van der Waals surface area contributed by atoms with Crippen molar-refractivity contribution in [3.8, 4) is 5.69 Å². The number of carbonyl (C=O) groups is 1. The lowest BCUT2D eigenvalue weighted by molar-refractivity contribution is -0.146. The molecule has 0 radical (unpaired) electrons. The molecule has 0 aliphatic carbocycles. The summed E-state index contributed by atoms with van der Waals surface area (Å²) in [7, 11) is 0. The quantitative estimate of drug-likeness (QED) is 0.722. The SMILES string of the molecule is CC(OCC1CCCCO1)C(=O)N1CCN(c2nnnn2-c2ccccc2)CC1. The van der Waals surface area contributed by atoms with E-state index >= 15 is 0 Å². The minimum atomic E-state index is -0.457. The highest BCUT2D eigenvalue weighted by atomic mass is 16.5. The number of carbonyl (C=O) groups excluding carboxylic acids is 1. The number of anilines is 1. The predicted octanol–water partition coefficient (Wildman–Crippen LogP) is 1.29. The van der Waals surface area contributed by atoms with Gasteiger partial charge in [-0.1, -0.05) is 23.3 Å². The molecule has 2 saturated heterocycles. The van der Waals surface area contributed by atoms with Crippen molar-refractivity contribution in [2.45, 2.75) is 38.4 Å². The van der Waals surface area contributed by atoms with Gasteiger partial charge in [0.05, 0.1) is 18.4 Å². The Morgan fingerprint density at radius 2 is 2.00 bits per heavy atom. The summed E-state index contributed by atoms with van der Waals surface area (Å²) in [6.07, 6.45) is 2.95. The van der Waals surface area contributed by atoms with Gasteiger partial charge in [0, 0.05) is 32.8 Å². The lowest BCUT2D eigenvalue weighted by atomic mass is 10.1. The zero-order valence-corrected chi connectivity index (χ0v) is 16.8. The van der Waals surface area contributed by atoms with E-state index in [0.29, 0.717) is 38.7 Å². The fraction of sp³-hybridized carbons (Fsp3) is 0.600. The maximum atomic E-state index is 12.7. The first-order valence-electron chi connectivity index (χ1n) is 10.3. The van der Waals surface area contributed by atoms with Gasteiger partial charge in [0.2, 0.25) is 5.95 Å². The van der Waals surface area contributed by atoms with Gasteiger partial charge in [0.1, 0.15) is 6.10 Å². The Labute approximate surface area is 170 Å². The lowest BCUT2D eigenvalue weighted by Crippen LogP contribution is -2.52. The van der Waals surface area contributed by atoms with Crippen LogP contribution in [0, 0.1) is 0 Å².